The maximum atomic E-state index is 13.3. The van der Waals surface area contributed by atoms with Gasteiger partial charge in [-0.05, 0) is 43.5 Å². The molecule has 20 heavy (non-hydrogen) atoms. The van der Waals surface area contributed by atoms with Gasteiger partial charge >= 0.3 is 5.97 Å². The molecule has 1 aromatic rings. The minimum absolute atomic E-state index is 0.343. The van der Waals surface area contributed by atoms with Crippen LogP contribution < -0.4 is 5.32 Å². The monoisotopic (exact) mass is 277 g/mol. The van der Waals surface area contributed by atoms with Gasteiger partial charge in [0.25, 0.3) is 0 Å². The van der Waals surface area contributed by atoms with E-state index in [1.54, 1.807) is 25.1 Å². The van der Waals surface area contributed by atoms with Crippen LogP contribution in [-0.4, -0.2) is 17.0 Å². The molecule has 0 bridgehead atoms. The molecule has 106 valence electrons. The third-order valence-corrected chi connectivity index (χ3v) is 3.40. The van der Waals surface area contributed by atoms with Crippen LogP contribution in [0.15, 0.2) is 30.4 Å². The van der Waals surface area contributed by atoms with Gasteiger partial charge in [0.1, 0.15) is 5.82 Å². The van der Waals surface area contributed by atoms with Gasteiger partial charge in [-0.3, -0.25) is 9.59 Å². The number of benzene rings is 1. The van der Waals surface area contributed by atoms with Crippen LogP contribution >= 0.6 is 0 Å². The summed E-state index contributed by atoms with van der Waals surface area (Å²) in [5, 5.41) is 11.7. The predicted molar refractivity (Wildman–Crippen MR) is 72.8 cm³/mol. The molecule has 1 aliphatic carbocycles. The maximum absolute atomic E-state index is 13.3. The number of carbonyl (C=O) groups is 2. The zero-order valence-corrected chi connectivity index (χ0v) is 11.1. The Hall–Kier alpha value is -2.17. The van der Waals surface area contributed by atoms with Crippen molar-refractivity contribution in [2.45, 2.75) is 19.8 Å². The summed E-state index contributed by atoms with van der Waals surface area (Å²) < 4.78 is 13.3. The lowest BCUT2D eigenvalue weighted by molar-refractivity contribution is -0.146. The van der Waals surface area contributed by atoms with Gasteiger partial charge in [0.2, 0.25) is 5.91 Å². The Morgan fingerprint density at radius 2 is 1.85 bits per heavy atom. The number of hydrogen-bond donors (Lipinski definition) is 2. The number of aryl methyl sites for hydroxylation is 1. The number of carboxylic acids is 1. The van der Waals surface area contributed by atoms with Gasteiger partial charge in [0.15, 0.2) is 0 Å². The molecule has 2 N–H and O–H groups in total. The first kappa shape index (κ1) is 14.2. The van der Waals surface area contributed by atoms with E-state index < -0.39 is 23.6 Å². The summed E-state index contributed by atoms with van der Waals surface area (Å²) in [6.07, 6.45) is 4.31. The molecule has 1 amide bonds. The highest BCUT2D eigenvalue weighted by atomic mass is 19.1. The maximum Gasteiger partial charge on any atom is 0.307 e. The molecule has 2 rings (SSSR count). The van der Waals surface area contributed by atoms with Crippen LogP contribution in [0.1, 0.15) is 18.4 Å². The molecule has 0 aromatic heterocycles. The highest BCUT2D eigenvalue weighted by Gasteiger charge is 2.33. The number of aliphatic carboxylic acids is 1. The number of anilines is 1. The lowest BCUT2D eigenvalue weighted by atomic mass is 9.82. The number of amides is 1. The first-order valence-electron chi connectivity index (χ1n) is 6.43. The zero-order chi connectivity index (χ0) is 14.7. The lowest BCUT2D eigenvalue weighted by Crippen LogP contribution is -2.34. The fourth-order valence-corrected chi connectivity index (χ4v) is 2.42. The fraction of sp³-hybridized carbons (Fsp3) is 0.333. The highest BCUT2D eigenvalue weighted by Crippen LogP contribution is 2.27. The molecule has 0 saturated heterocycles. The molecular weight excluding hydrogens is 261 g/mol. The van der Waals surface area contributed by atoms with Crippen molar-refractivity contribution >= 4 is 17.6 Å². The number of carboxylic acid groups (broad SMARTS) is 1. The summed E-state index contributed by atoms with van der Waals surface area (Å²) in [4.78, 5) is 23.3. The first-order chi connectivity index (χ1) is 9.47. The van der Waals surface area contributed by atoms with E-state index in [-0.39, 0.29) is 5.91 Å². The number of nitrogens with one attached hydrogen (secondary N) is 1. The largest absolute Gasteiger partial charge is 0.481 e. The Morgan fingerprint density at radius 3 is 2.45 bits per heavy atom. The standard InChI is InChI=1S/C15H16FNO3/c1-9-6-10(16)8-11(7-9)17-14(18)12-4-2-3-5-13(12)15(19)20/h2-3,6-8,12-13H,4-5H2,1H3,(H,17,18)(H,19,20)/t12-,13+/m1/s1. The summed E-state index contributed by atoms with van der Waals surface area (Å²) in [5.41, 5.74) is 1.05. The second kappa shape index (κ2) is 5.86. The van der Waals surface area contributed by atoms with E-state index in [0.717, 1.165) is 0 Å². The number of rotatable bonds is 3. The molecular formula is C15H16FNO3. The fourth-order valence-electron chi connectivity index (χ4n) is 2.42. The summed E-state index contributed by atoms with van der Waals surface area (Å²) >= 11 is 0. The van der Waals surface area contributed by atoms with Crippen molar-refractivity contribution < 1.29 is 19.1 Å². The van der Waals surface area contributed by atoms with Gasteiger partial charge in [-0.15, -0.1) is 0 Å². The number of hydrogen-bond acceptors (Lipinski definition) is 2. The summed E-state index contributed by atoms with van der Waals surface area (Å²) in [5.74, 6) is -3.15. The van der Waals surface area contributed by atoms with E-state index in [4.69, 9.17) is 5.11 Å². The molecule has 1 aromatic carbocycles. The van der Waals surface area contributed by atoms with E-state index >= 15 is 0 Å². The second-order valence-corrected chi connectivity index (χ2v) is 5.00. The molecule has 0 unspecified atom stereocenters. The van der Waals surface area contributed by atoms with E-state index in [1.807, 2.05) is 0 Å². The van der Waals surface area contributed by atoms with Crippen LogP contribution in [0.25, 0.3) is 0 Å². The molecule has 0 heterocycles. The Kier molecular flexibility index (Phi) is 4.17. The average Bonchev–Trinajstić information content (AvgIpc) is 2.37. The third-order valence-electron chi connectivity index (χ3n) is 3.40. The molecule has 0 saturated carbocycles. The van der Waals surface area contributed by atoms with Crippen LogP contribution in [0, 0.1) is 24.6 Å². The van der Waals surface area contributed by atoms with Crippen molar-refractivity contribution in [2.75, 3.05) is 5.32 Å². The number of allylic oxidation sites excluding steroid dienone is 2. The van der Waals surface area contributed by atoms with Crippen molar-refractivity contribution in [2.24, 2.45) is 11.8 Å². The quantitative estimate of drug-likeness (QED) is 0.835. The zero-order valence-electron chi connectivity index (χ0n) is 11.1. The average molecular weight is 277 g/mol. The van der Waals surface area contributed by atoms with Crippen LogP contribution in [0.4, 0.5) is 10.1 Å². The van der Waals surface area contributed by atoms with Crippen LogP contribution in [0.5, 0.6) is 0 Å². The minimum atomic E-state index is -0.982. The topological polar surface area (TPSA) is 66.4 Å². The molecule has 0 spiro atoms. The Balaban J connectivity index is 2.14. The molecule has 4 nitrogen and oxygen atoms in total. The summed E-state index contributed by atoms with van der Waals surface area (Å²) in [6.45, 7) is 1.72. The Labute approximate surface area is 116 Å². The SMILES string of the molecule is Cc1cc(F)cc(NC(=O)[C@@H]2CC=CC[C@@H]2C(=O)O)c1. The van der Waals surface area contributed by atoms with E-state index in [0.29, 0.717) is 24.1 Å². The van der Waals surface area contributed by atoms with Crippen molar-refractivity contribution in [3.8, 4) is 0 Å². The van der Waals surface area contributed by atoms with Gasteiger partial charge in [-0.25, -0.2) is 4.39 Å². The second-order valence-electron chi connectivity index (χ2n) is 5.00. The van der Waals surface area contributed by atoms with Gasteiger partial charge < -0.3 is 10.4 Å². The number of halogens is 1. The third kappa shape index (κ3) is 3.23. The van der Waals surface area contributed by atoms with Crippen molar-refractivity contribution in [3.05, 3.63) is 41.7 Å². The van der Waals surface area contributed by atoms with Crippen LogP contribution in [0.3, 0.4) is 0 Å². The summed E-state index contributed by atoms with van der Waals surface area (Å²) in [7, 11) is 0. The first-order valence-corrected chi connectivity index (χ1v) is 6.43. The lowest BCUT2D eigenvalue weighted by Gasteiger charge is -2.24. The molecule has 1 aliphatic rings. The van der Waals surface area contributed by atoms with Gasteiger partial charge in [-0.2, -0.15) is 0 Å². The molecule has 2 atom stereocenters. The van der Waals surface area contributed by atoms with Gasteiger partial charge in [0, 0.05) is 5.69 Å². The molecule has 0 aliphatic heterocycles. The van der Waals surface area contributed by atoms with E-state index in [1.165, 1.54) is 12.1 Å². The predicted octanol–water partition coefficient (Wildman–Crippen LogP) is 2.74. The smallest absolute Gasteiger partial charge is 0.307 e. The van der Waals surface area contributed by atoms with Crippen LogP contribution in [-0.2, 0) is 9.59 Å². The molecule has 0 fully saturated rings. The Morgan fingerprint density at radius 1 is 1.20 bits per heavy atom. The van der Waals surface area contributed by atoms with Gasteiger partial charge in [-0.1, -0.05) is 12.2 Å². The van der Waals surface area contributed by atoms with Crippen molar-refractivity contribution in [1.29, 1.82) is 0 Å². The molecule has 5 heteroatoms. The minimum Gasteiger partial charge on any atom is -0.481 e. The number of carbonyl (C=O) groups excluding carboxylic acids is 1. The van der Waals surface area contributed by atoms with Crippen LogP contribution in [0.2, 0.25) is 0 Å². The van der Waals surface area contributed by atoms with E-state index in [9.17, 15) is 14.0 Å². The molecule has 0 radical (unpaired) electrons. The normalized spacial score (nSPS) is 21.5. The summed E-state index contributed by atoms with van der Waals surface area (Å²) in [6, 6.07) is 4.23. The van der Waals surface area contributed by atoms with E-state index in [2.05, 4.69) is 5.32 Å². The highest BCUT2D eigenvalue weighted by molar-refractivity contribution is 5.95. The van der Waals surface area contributed by atoms with Crippen molar-refractivity contribution in [3.63, 3.8) is 0 Å². The van der Waals surface area contributed by atoms with Crippen molar-refractivity contribution in [1.82, 2.24) is 0 Å². The Bertz CT molecular complexity index is 548. The van der Waals surface area contributed by atoms with Gasteiger partial charge in [0.05, 0.1) is 11.8 Å².